The van der Waals surface area contributed by atoms with E-state index < -0.39 is 0 Å². The van der Waals surface area contributed by atoms with Gasteiger partial charge in [0.2, 0.25) is 0 Å². The Bertz CT molecular complexity index is 200. The molecule has 0 saturated carbocycles. The van der Waals surface area contributed by atoms with Gasteiger partial charge in [-0.3, -0.25) is 4.98 Å². The Labute approximate surface area is 57.2 Å². The molecule has 0 saturated heterocycles. The highest BCUT2D eigenvalue weighted by Crippen LogP contribution is 1.70. The fourth-order valence-corrected chi connectivity index (χ4v) is 0.811. The molecule has 3 heteroatoms. The van der Waals surface area contributed by atoms with E-state index >= 15 is 0 Å². The van der Waals surface area contributed by atoms with Crippen LogP contribution in [-0.2, 0) is 0 Å². The molecule has 0 fully saturated rings. The Kier molecular flexibility index (Phi) is 1.93. The molecule has 0 unspecified atom stereocenters. The van der Waals surface area contributed by atoms with Crippen LogP contribution in [0.1, 0.15) is 0 Å². The van der Waals surface area contributed by atoms with Crippen LogP contribution in [0.4, 0.5) is 0 Å². The standard InChI is InChI=1S/C6H9B2N/c1-8-6-2-5(7)3-9-4-6/h2-4,8H,7H2,1H3. The summed E-state index contributed by atoms with van der Waals surface area (Å²) in [5.74, 6) is 0. The van der Waals surface area contributed by atoms with Gasteiger partial charge < -0.3 is 0 Å². The third-order valence-electron chi connectivity index (χ3n) is 1.34. The molecule has 0 atom stereocenters. The highest BCUT2D eigenvalue weighted by Gasteiger charge is 1.88. The first kappa shape index (κ1) is 6.40. The fourth-order valence-electron chi connectivity index (χ4n) is 0.811. The summed E-state index contributed by atoms with van der Waals surface area (Å²) in [6, 6.07) is 2.16. The summed E-state index contributed by atoms with van der Waals surface area (Å²) in [6.45, 7) is 2.14. The van der Waals surface area contributed by atoms with Crippen molar-refractivity contribution in [1.82, 2.24) is 4.98 Å². The summed E-state index contributed by atoms with van der Waals surface area (Å²) in [6.07, 6.45) is 3.78. The average molecular weight is 117 g/mol. The number of hydrogen-bond acceptors (Lipinski definition) is 1. The van der Waals surface area contributed by atoms with Gasteiger partial charge in [0.1, 0.15) is 7.85 Å². The lowest BCUT2D eigenvalue weighted by atomic mass is 9.73. The van der Waals surface area contributed by atoms with Gasteiger partial charge in [-0.25, -0.2) is 0 Å². The number of nitrogens with zero attached hydrogens (tertiary/aromatic N) is 1. The average Bonchev–Trinajstić information content (AvgIpc) is 1.88. The molecule has 1 aromatic heterocycles. The molecule has 44 valence electrons. The van der Waals surface area contributed by atoms with Crippen LogP contribution in [0.15, 0.2) is 18.5 Å². The molecule has 1 heterocycles. The van der Waals surface area contributed by atoms with Gasteiger partial charge in [0, 0.05) is 12.4 Å². The normalized spacial score (nSPS) is 9.00. The molecule has 0 aromatic carbocycles. The summed E-state index contributed by atoms with van der Waals surface area (Å²) < 4.78 is 0. The molecular formula is C6H9B2N. The highest BCUT2D eigenvalue weighted by molar-refractivity contribution is 6.52. The molecule has 0 radical (unpaired) electrons. The van der Waals surface area contributed by atoms with E-state index in [1.165, 1.54) is 10.9 Å². The van der Waals surface area contributed by atoms with E-state index in [0.717, 1.165) is 7.28 Å². The summed E-state index contributed by atoms with van der Waals surface area (Å²) in [4.78, 5) is 4.06. The van der Waals surface area contributed by atoms with Crippen LogP contribution in [0.5, 0.6) is 0 Å². The van der Waals surface area contributed by atoms with Crippen LogP contribution in [0.3, 0.4) is 0 Å². The van der Waals surface area contributed by atoms with E-state index in [2.05, 4.69) is 25.7 Å². The van der Waals surface area contributed by atoms with E-state index in [0.29, 0.717) is 0 Å². The Morgan fingerprint density at radius 3 is 2.78 bits per heavy atom. The Morgan fingerprint density at radius 1 is 1.56 bits per heavy atom. The van der Waals surface area contributed by atoms with Crippen molar-refractivity contribution in [2.24, 2.45) is 0 Å². The van der Waals surface area contributed by atoms with E-state index in [1.54, 1.807) is 0 Å². The summed E-state index contributed by atoms with van der Waals surface area (Å²) >= 11 is 0. The number of hydrogen-bond donors (Lipinski definition) is 0. The minimum absolute atomic E-state index is 1.08. The van der Waals surface area contributed by atoms with Gasteiger partial charge in [-0.2, -0.15) is 0 Å². The monoisotopic (exact) mass is 117 g/mol. The summed E-state index contributed by atoms with van der Waals surface area (Å²) in [5.41, 5.74) is 2.56. The maximum atomic E-state index is 4.06. The lowest BCUT2D eigenvalue weighted by Crippen LogP contribution is -2.18. The SMILES string of the molecule is Bc1cncc(BC)c1. The Hall–Kier alpha value is -0.720. The molecule has 0 spiro atoms. The topological polar surface area (TPSA) is 12.9 Å². The first-order valence-corrected chi connectivity index (χ1v) is 3.23. The predicted molar refractivity (Wildman–Crippen MR) is 45.1 cm³/mol. The van der Waals surface area contributed by atoms with E-state index in [1.807, 2.05) is 12.4 Å². The smallest absolute Gasteiger partial charge is 0.156 e. The molecule has 9 heavy (non-hydrogen) atoms. The van der Waals surface area contributed by atoms with Crippen molar-refractivity contribution in [1.29, 1.82) is 0 Å². The first-order chi connectivity index (χ1) is 4.33. The molecule has 0 N–H and O–H groups in total. The summed E-state index contributed by atoms with van der Waals surface area (Å²) in [5, 5.41) is 0. The molecule has 1 rings (SSSR count). The van der Waals surface area contributed by atoms with Crippen LogP contribution in [0, 0.1) is 0 Å². The number of rotatable bonds is 1. The maximum absolute atomic E-state index is 4.06. The van der Waals surface area contributed by atoms with Crippen LogP contribution >= 0.6 is 0 Å². The number of pyridine rings is 1. The molecule has 1 aromatic rings. The first-order valence-electron chi connectivity index (χ1n) is 3.23. The van der Waals surface area contributed by atoms with Gasteiger partial charge in [-0.1, -0.05) is 23.8 Å². The number of aromatic nitrogens is 1. The summed E-state index contributed by atoms with van der Waals surface area (Å²) in [7, 11) is 3.14. The molecule has 0 amide bonds. The van der Waals surface area contributed by atoms with E-state index in [4.69, 9.17) is 0 Å². The molecule has 0 aliphatic carbocycles. The fraction of sp³-hybridized carbons (Fsp3) is 0.167. The zero-order valence-electron chi connectivity index (χ0n) is 5.89. The molecule has 0 aliphatic rings. The third-order valence-corrected chi connectivity index (χ3v) is 1.34. The van der Waals surface area contributed by atoms with Gasteiger partial charge in [0.25, 0.3) is 0 Å². The zero-order valence-corrected chi connectivity index (χ0v) is 5.89. The van der Waals surface area contributed by atoms with Crippen molar-refractivity contribution in [3.05, 3.63) is 18.5 Å². The maximum Gasteiger partial charge on any atom is 0.156 e. The molecule has 1 nitrogen and oxygen atoms in total. The minimum atomic E-state index is 1.08. The predicted octanol–water partition coefficient (Wildman–Crippen LogP) is -1.55. The molecular weight excluding hydrogens is 108 g/mol. The third kappa shape index (κ3) is 1.60. The van der Waals surface area contributed by atoms with Crippen LogP contribution in [0.2, 0.25) is 6.82 Å². The van der Waals surface area contributed by atoms with Gasteiger partial charge in [-0.15, -0.1) is 0 Å². The van der Waals surface area contributed by atoms with Crippen molar-refractivity contribution in [3.63, 3.8) is 0 Å². The largest absolute Gasteiger partial charge is 0.266 e. The van der Waals surface area contributed by atoms with E-state index in [9.17, 15) is 0 Å². The van der Waals surface area contributed by atoms with Crippen LogP contribution in [0.25, 0.3) is 0 Å². The van der Waals surface area contributed by atoms with Gasteiger partial charge >= 0.3 is 0 Å². The van der Waals surface area contributed by atoms with Crippen LogP contribution in [-0.4, -0.2) is 20.1 Å². The van der Waals surface area contributed by atoms with Crippen LogP contribution < -0.4 is 10.9 Å². The lowest BCUT2D eigenvalue weighted by Gasteiger charge is -1.93. The lowest BCUT2D eigenvalue weighted by molar-refractivity contribution is 1.37. The quantitative estimate of drug-likeness (QED) is 0.405. The van der Waals surface area contributed by atoms with Crippen molar-refractivity contribution in [2.75, 3.05) is 0 Å². The van der Waals surface area contributed by atoms with Gasteiger partial charge in [0.05, 0.1) is 0 Å². The van der Waals surface area contributed by atoms with Gasteiger partial charge in [-0.05, 0) is 0 Å². The van der Waals surface area contributed by atoms with Crippen molar-refractivity contribution in [3.8, 4) is 0 Å². The Morgan fingerprint density at radius 2 is 2.33 bits per heavy atom. The van der Waals surface area contributed by atoms with Gasteiger partial charge in [0.15, 0.2) is 7.28 Å². The van der Waals surface area contributed by atoms with Crippen molar-refractivity contribution < 1.29 is 0 Å². The van der Waals surface area contributed by atoms with Crippen molar-refractivity contribution in [2.45, 2.75) is 6.82 Å². The minimum Gasteiger partial charge on any atom is -0.266 e. The zero-order chi connectivity index (χ0) is 6.69. The second-order valence-corrected chi connectivity index (χ2v) is 2.22. The second-order valence-electron chi connectivity index (χ2n) is 2.22. The highest BCUT2D eigenvalue weighted by atomic mass is 14.6. The Balaban J connectivity index is 2.94. The van der Waals surface area contributed by atoms with Crippen molar-refractivity contribution >= 4 is 26.1 Å². The molecule has 0 bridgehead atoms. The molecule has 0 aliphatic heterocycles. The van der Waals surface area contributed by atoms with E-state index in [-0.39, 0.29) is 0 Å². The second kappa shape index (κ2) is 2.72.